The SMILES string of the molecule is CCN1CCN(Cc2ccc(NC(=O)Nc3ncc(C#Cc4cnc5ccc(N(C)C)nn45)s3)cc2C(F)(F)F)CC1. The van der Waals surface area contributed by atoms with Crippen molar-refractivity contribution < 1.29 is 18.0 Å². The van der Waals surface area contributed by atoms with Crippen molar-refractivity contribution in [2.75, 3.05) is 62.4 Å². The molecule has 220 valence electrons. The summed E-state index contributed by atoms with van der Waals surface area (Å²) >= 11 is 1.13. The summed E-state index contributed by atoms with van der Waals surface area (Å²) in [5.74, 6) is 6.76. The molecule has 1 aromatic carbocycles. The number of imidazole rings is 1. The number of likely N-dealkylation sites (N-methyl/N-ethyl adjacent to an activating group) is 1. The Morgan fingerprint density at radius 2 is 1.79 bits per heavy atom. The van der Waals surface area contributed by atoms with Gasteiger partial charge in [0.05, 0.1) is 22.8 Å². The van der Waals surface area contributed by atoms with E-state index >= 15 is 0 Å². The summed E-state index contributed by atoms with van der Waals surface area (Å²) in [6, 6.07) is 6.89. The van der Waals surface area contributed by atoms with Gasteiger partial charge in [-0.15, -0.1) is 5.10 Å². The van der Waals surface area contributed by atoms with Crippen LogP contribution in [0.15, 0.2) is 42.7 Å². The molecule has 0 aliphatic carbocycles. The Morgan fingerprint density at radius 3 is 2.50 bits per heavy atom. The van der Waals surface area contributed by atoms with Gasteiger partial charge >= 0.3 is 12.2 Å². The quantitative estimate of drug-likeness (QED) is 0.317. The third-order valence-corrected chi connectivity index (χ3v) is 7.65. The smallest absolute Gasteiger partial charge is 0.361 e. The molecular formula is C28H30F3N9OS. The van der Waals surface area contributed by atoms with Crippen LogP contribution >= 0.6 is 11.3 Å². The van der Waals surface area contributed by atoms with Crippen molar-refractivity contribution in [2.45, 2.75) is 19.6 Å². The fraction of sp³-hybridized carbons (Fsp3) is 0.357. The Labute approximate surface area is 245 Å². The maximum atomic E-state index is 13.9. The Bertz CT molecular complexity index is 1630. The Hall–Kier alpha value is -4.19. The van der Waals surface area contributed by atoms with Crippen LogP contribution in [0.1, 0.15) is 28.6 Å². The number of amides is 2. The molecular weight excluding hydrogens is 567 g/mol. The fourth-order valence-electron chi connectivity index (χ4n) is 4.52. The first-order valence-corrected chi connectivity index (χ1v) is 14.1. The second kappa shape index (κ2) is 12.4. The van der Waals surface area contributed by atoms with Gasteiger partial charge in [-0.25, -0.2) is 19.3 Å². The maximum absolute atomic E-state index is 13.9. The van der Waals surface area contributed by atoms with Crippen LogP contribution in [-0.2, 0) is 12.7 Å². The summed E-state index contributed by atoms with van der Waals surface area (Å²) in [7, 11) is 3.78. The van der Waals surface area contributed by atoms with Gasteiger partial charge in [0.1, 0.15) is 11.5 Å². The summed E-state index contributed by atoms with van der Waals surface area (Å²) in [6.45, 7) is 6.28. The average molecular weight is 598 g/mol. The summed E-state index contributed by atoms with van der Waals surface area (Å²) in [5.41, 5.74) is 0.699. The van der Waals surface area contributed by atoms with Crippen molar-refractivity contribution in [3.63, 3.8) is 0 Å². The van der Waals surface area contributed by atoms with E-state index in [1.165, 1.54) is 18.3 Å². The van der Waals surface area contributed by atoms with Crippen LogP contribution in [0.4, 0.5) is 34.6 Å². The molecule has 1 aliphatic heterocycles. The van der Waals surface area contributed by atoms with Crippen LogP contribution < -0.4 is 15.5 Å². The van der Waals surface area contributed by atoms with Gasteiger partial charge < -0.3 is 15.1 Å². The van der Waals surface area contributed by atoms with Gasteiger partial charge in [0, 0.05) is 52.5 Å². The number of benzene rings is 1. The fourth-order valence-corrected chi connectivity index (χ4v) is 5.19. The molecule has 1 fully saturated rings. The summed E-state index contributed by atoms with van der Waals surface area (Å²) < 4.78 is 43.4. The lowest BCUT2D eigenvalue weighted by Gasteiger charge is -2.34. The molecule has 0 bridgehead atoms. The predicted octanol–water partition coefficient (Wildman–Crippen LogP) is 4.45. The number of piperazine rings is 1. The van der Waals surface area contributed by atoms with Crippen molar-refractivity contribution in [1.82, 2.24) is 29.4 Å². The zero-order valence-electron chi connectivity index (χ0n) is 23.4. The Kier molecular flexibility index (Phi) is 8.62. The number of halogens is 3. The van der Waals surface area contributed by atoms with Gasteiger partial charge in [-0.2, -0.15) is 13.2 Å². The maximum Gasteiger partial charge on any atom is 0.416 e. The zero-order chi connectivity index (χ0) is 29.9. The number of nitrogens with one attached hydrogen (secondary N) is 2. The van der Waals surface area contributed by atoms with Gasteiger partial charge in [0.25, 0.3) is 0 Å². The molecule has 10 nitrogen and oxygen atoms in total. The highest BCUT2D eigenvalue weighted by atomic mass is 32.1. The first-order valence-electron chi connectivity index (χ1n) is 13.3. The van der Waals surface area contributed by atoms with Gasteiger partial charge in [-0.3, -0.25) is 10.2 Å². The molecule has 0 saturated carbocycles. The Balaban J connectivity index is 1.23. The van der Waals surface area contributed by atoms with Crippen molar-refractivity contribution in [2.24, 2.45) is 0 Å². The highest BCUT2D eigenvalue weighted by Gasteiger charge is 2.34. The van der Waals surface area contributed by atoms with Crippen LogP contribution in [0.25, 0.3) is 5.65 Å². The first kappa shape index (κ1) is 29.3. The lowest BCUT2D eigenvalue weighted by molar-refractivity contribution is -0.138. The van der Waals surface area contributed by atoms with Gasteiger partial charge in [-0.1, -0.05) is 24.3 Å². The molecule has 0 spiro atoms. The zero-order valence-corrected chi connectivity index (χ0v) is 24.2. The van der Waals surface area contributed by atoms with Crippen molar-refractivity contribution in [3.8, 4) is 11.8 Å². The predicted molar refractivity (Wildman–Crippen MR) is 157 cm³/mol. The average Bonchev–Trinajstić information content (AvgIpc) is 3.58. The number of rotatable bonds is 6. The number of thiazole rings is 1. The molecule has 0 atom stereocenters. The Morgan fingerprint density at radius 1 is 1.02 bits per heavy atom. The van der Waals surface area contributed by atoms with E-state index in [4.69, 9.17) is 0 Å². The van der Waals surface area contributed by atoms with E-state index in [-0.39, 0.29) is 22.9 Å². The molecule has 42 heavy (non-hydrogen) atoms. The van der Waals surface area contributed by atoms with Crippen LogP contribution in [0.3, 0.4) is 0 Å². The first-order chi connectivity index (χ1) is 20.1. The number of carbonyl (C=O) groups excluding carboxylic acids is 1. The second-order valence-electron chi connectivity index (χ2n) is 9.94. The number of hydrogen-bond donors (Lipinski definition) is 2. The minimum atomic E-state index is -4.55. The van der Waals surface area contributed by atoms with E-state index in [1.807, 2.05) is 36.0 Å². The summed E-state index contributed by atoms with van der Waals surface area (Å²) in [6.07, 6.45) is -1.43. The minimum Gasteiger partial charge on any atom is -0.361 e. The molecule has 0 unspecified atom stereocenters. The highest BCUT2D eigenvalue weighted by Crippen LogP contribution is 2.34. The van der Waals surface area contributed by atoms with E-state index in [2.05, 4.69) is 49.4 Å². The molecule has 0 radical (unpaired) electrons. The highest BCUT2D eigenvalue weighted by molar-refractivity contribution is 7.16. The van der Waals surface area contributed by atoms with Crippen LogP contribution in [-0.4, -0.2) is 82.2 Å². The number of alkyl halides is 3. The van der Waals surface area contributed by atoms with Gasteiger partial charge in [0.2, 0.25) is 0 Å². The monoisotopic (exact) mass is 597 g/mol. The number of anilines is 3. The van der Waals surface area contributed by atoms with E-state index in [0.29, 0.717) is 29.3 Å². The third-order valence-electron chi connectivity index (χ3n) is 6.83. The minimum absolute atomic E-state index is 0.0353. The van der Waals surface area contributed by atoms with E-state index < -0.39 is 17.8 Å². The van der Waals surface area contributed by atoms with Crippen LogP contribution in [0.2, 0.25) is 0 Å². The molecule has 4 heterocycles. The molecule has 14 heteroatoms. The molecule has 1 saturated heterocycles. The normalized spacial score (nSPS) is 14.4. The summed E-state index contributed by atoms with van der Waals surface area (Å²) in [4.78, 5) is 27.8. The van der Waals surface area contributed by atoms with E-state index in [9.17, 15) is 18.0 Å². The van der Waals surface area contributed by atoms with Crippen molar-refractivity contribution in [3.05, 3.63) is 64.4 Å². The van der Waals surface area contributed by atoms with Gasteiger partial charge in [0.15, 0.2) is 10.8 Å². The van der Waals surface area contributed by atoms with Crippen molar-refractivity contribution >= 4 is 39.7 Å². The molecule has 2 amide bonds. The number of carbonyl (C=O) groups is 1. The number of aromatic nitrogens is 4. The molecule has 1 aliphatic rings. The largest absolute Gasteiger partial charge is 0.416 e. The second-order valence-corrected chi connectivity index (χ2v) is 11.0. The van der Waals surface area contributed by atoms with Crippen LogP contribution in [0, 0.1) is 11.8 Å². The lowest BCUT2D eigenvalue weighted by Crippen LogP contribution is -2.45. The number of hydrogen-bond acceptors (Lipinski definition) is 8. The van der Waals surface area contributed by atoms with Crippen LogP contribution in [0.5, 0.6) is 0 Å². The van der Waals surface area contributed by atoms with E-state index in [0.717, 1.165) is 42.9 Å². The molecule has 4 aromatic rings. The topological polar surface area (TPSA) is 93.9 Å². The number of nitrogens with zero attached hydrogens (tertiary/aromatic N) is 7. The molecule has 2 N–H and O–H groups in total. The number of urea groups is 1. The lowest BCUT2D eigenvalue weighted by atomic mass is 10.0. The molecule has 5 rings (SSSR count). The van der Waals surface area contributed by atoms with E-state index in [1.54, 1.807) is 10.7 Å². The molecule has 3 aromatic heterocycles. The summed E-state index contributed by atoms with van der Waals surface area (Å²) in [5, 5.41) is 9.81. The standard InChI is InChI=1S/C28H30F3N9OS/c1-4-38-11-13-39(14-12-38)18-19-5-6-20(15-23(19)28(29,30)31)34-26(41)35-27-33-17-22(42-27)8-7-21-16-32-24-9-10-25(37(2)3)36-40(21)24/h5-6,9-10,15-17H,4,11-14,18H2,1-3H3,(H2,33,34,35,41). The third kappa shape index (κ3) is 6.99. The number of fused-ring (bicyclic) bond motifs is 1. The van der Waals surface area contributed by atoms with Gasteiger partial charge in [-0.05, 0) is 48.2 Å². The van der Waals surface area contributed by atoms with Crippen molar-refractivity contribution in [1.29, 1.82) is 0 Å².